The highest BCUT2D eigenvalue weighted by Gasteiger charge is 2.21. The van der Waals surface area contributed by atoms with Crippen molar-refractivity contribution in [1.29, 1.82) is 0 Å². The number of nitrogens with two attached hydrogens (primary N) is 1. The number of hydrogen-bond acceptors (Lipinski definition) is 6. The Kier molecular flexibility index (Phi) is 5.26. The van der Waals surface area contributed by atoms with Gasteiger partial charge in [0.05, 0.1) is 13.2 Å². The molecule has 1 aromatic carbocycles. The van der Waals surface area contributed by atoms with E-state index in [-0.39, 0.29) is 23.8 Å². The van der Waals surface area contributed by atoms with Crippen molar-refractivity contribution in [3.63, 3.8) is 0 Å². The molecule has 118 valence electrons. The monoisotopic (exact) mass is 298 g/mol. The van der Waals surface area contributed by atoms with Gasteiger partial charge in [0.15, 0.2) is 11.5 Å². The maximum absolute atomic E-state index is 11.8. The van der Waals surface area contributed by atoms with Gasteiger partial charge in [0.1, 0.15) is 5.60 Å². The predicted molar refractivity (Wildman–Crippen MR) is 77.5 cm³/mol. The van der Waals surface area contributed by atoms with Gasteiger partial charge in [-0.25, -0.2) is 4.79 Å². The van der Waals surface area contributed by atoms with E-state index in [9.17, 15) is 15.0 Å². The summed E-state index contributed by atoms with van der Waals surface area (Å²) in [6.45, 7) is 5.34. The molecule has 1 unspecified atom stereocenters. The van der Waals surface area contributed by atoms with Crippen LogP contribution in [0.1, 0.15) is 32.4 Å². The van der Waals surface area contributed by atoms with E-state index in [0.29, 0.717) is 5.56 Å². The summed E-state index contributed by atoms with van der Waals surface area (Å²) in [5.41, 5.74) is 5.51. The third-order valence-electron chi connectivity index (χ3n) is 2.63. The highest BCUT2D eigenvalue weighted by Crippen LogP contribution is 2.37. The first kappa shape index (κ1) is 16.9. The van der Waals surface area contributed by atoms with Crippen LogP contribution in [0.25, 0.3) is 0 Å². The standard InChI is InChI=1S/C14H22N2O5/c1-14(2,3)21-13(19)16-9(7-15)8-5-10(17)12(18)11(6-8)20-4/h5-6,9,17-18H,7,15H2,1-4H3,(H,16,19). The van der Waals surface area contributed by atoms with Crippen molar-refractivity contribution in [3.8, 4) is 17.2 Å². The molecule has 0 aromatic heterocycles. The van der Waals surface area contributed by atoms with Gasteiger partial charge in [-0.15, -0.1) is 0 Å². The Hall–Kier alpha value is -2.15. The lowest BCUT2D eigenvalue weighted by molar-refractivity contribution is 0.0505. The lowest BCUT2D eigenvalue weighted by atomic mass is 10.1. The lowest BCUT2D eigenvalue weighted by Crippen LogP contribution is -2.37. The molecule has 0 radical (unpaired) electrons. The van der Waals surface area contributed by atoms with Crippen LogP contribution in [0.2, 0.25) is 0 Å². The average molecular weight is 298 g/mol. The summed E-state index contributed by atoms with van der Waals surface area (Å²) >= 11 is 0. The molecule has 1 amide bonds. The van der Waals surface area contributed by atoms with Gasteiger partial charge in [0.25, 0.3) is 0 Å². The van der Waals surface area contributed by atoms with Crippen LogP contribution < -0.4 is 15.8 Å². The van der Waals surface area contributed by atoms with E-state index in [1.807, 2.05) is 0 Å². The summed E-state index contributed by atoms with van der Waals surface area (Å²) in [6.07, 6.45) is -0.621. The van der Waals surface area contributed by atoms with Crippen molar-refractivity contribution < 1.29 is 24.5 Å². The quantitative estimate of drug-likeness (QED) is 0.628. The molecule has 0 aliphatic heterocycles. The second-order valence-electron chi connectivity index (χ2n) is 5.53. The van der Waals surface area contributed by atoms with E-state index in [0.717, 1.165) is 0 Å². The van der Waals surface area contributed by atoms with Crippen LogP contribution in [-0.2, 0) is 4.74 Å². The molecule has 0 bridgehead atoms. The number of alkyl carbamates (subject to hydrolysis) is 1. The molecule has 0 fully saturated rings. The minimum atomic E-state index is -0.627. The number of phenolic OH excluding ortho intramolecular Hbond substituents is 2. The first-order valence-corrected chi connectivity index (χ1v) is 6.47. The molecule has 7 nitrogen and oxygen atoms in total. The summed E-state index contributed by atoms with van der Waals surface area (Å²) in [5, 5.41) is 21.9. The summed E-state index contributed by atoms with van der Waals surface area (Å²) in [5.74, 6) is -0.627. The van der Waals surface area contributed by atoms with E-state index in [2.05, 4.69) is 5.32 Å². The van der Waals surface area contributed by atoms with Gasteiger partial charge in [0.2, 0.25) is 5.75 Å². The van der Waals surface area contributed by atoms with E-state index < -0.39 is 17.7 Å². The highest BCUT2D eigenvalue weighted by atomic mass is 16.6. The van der Waals surface area contributed by atoms with Crippen LogP contribution in [0.4, 0.5) is 4.79 Å². The van der Waals surface area contributed by atoms with Gasteiger partial charge >= 0.3 is 6.09 Å². The van der Waals surface area contributed by atoms with Crippen LogP contribution in [0.15, 0.2) is 12.1 Å². The number of carbonyl (C=O) groups is 1. The van der Waals surface area contributed by atoms with Crippen molar-refractivity contribution in [3.05, 3.63) is 17.7 Å². The van der Waals surface area contributed by atoms with Crippen molar-refractivity contribution in [1.82, 2.24) is 5.32 Å². The largest absolute Gasteiger partial charge is 0.504 e. The van der Waals surface area contributed by atoms with Gasteiger partial charge in [-0.1, -0.05) is 0 Å². The van der Waals surface area contributed by atoms with Gasteiger partial charge in [-0.05, 0) is 38.5 Å². The highest BCUT2D eigenvalue weighted by molar-refractivity contribution is 5.68. The predicted octanol–water partition coefficient (Wildman–Crippen LogP) is 1.63. The summed E-state index contributed by atoms with van der Waals surface area (Å²) in [4.78, 5) is 11.8. The fourth-order valence-corrected chi connectivity index (χ4v) is 1.70. The average Bonchev–Trinajstić information content (AvgIpc) is 2.37. The first-order valence-electron chi connectivity index (χ1n) is 6.47. The number of methoxy groups -OCH3 is 1. The number of rotatable bonds is 4. The summed E-state index contributed by atoms with van der Waals surface area (Å²) < 4.78 is 10.1. The first-order chi connectivity index (χ1) is 9.67. The van der Waals surface area contributed by atoms with Crippen LogP contribution in [0.3, 0.4) is 0 Å². The molecule has 0 heterocycles. The molecule has 5 N–H and O–H groups in total. The Morgan fingerprint density at radius 1 is 1.38 bits per heavy atom. The maximum atomic E-state index is 11.8. The van der Waals surface area contributed by atoms with E-state index >= 15 is 0 Å². The van der Waals surface area contributed by atoms with Gasteiger partial charge in [-0.3, -0.25) is 0 Å². The van der Waals surface area contributed by atoms with Gasteiger partial charge in [0, 0.05) is 6.54 Å². The number of benzene rings is 1. The Morgan fingerprint density at radius 3 is 2.48 bits per heavy atom. The molecule has 0 aliphatic carbocycles. The second-order valence-corrected chi connectivity index (χ2v) is 5.53. The molecule has 1 aromatic rings. The Labute approximate surface area is 123 Å². The Bertz CT molecular complexity index is 511. The molecule has 0 saturated carbocycles. The number of amides is 1. The van der Waals surface area contributed by atoms with Crippen LogP contribution in [-0.4, -0.2) is 35.6 Å². The summed E-state index contributed by atoms with van der Waals surface area (Å²) in [6, 6.07) is 2.22. The minimum Gasteiger partial charge on any atom is -0.504 e. The third kappa shape index (κ3) is 4.71. The van der Waals surface area contributed by atoms with Crippen LogP contribution in [0.5, 0.6) is 17.2 Å². The van der Waals surface area contributed by atoms with Gasteiger partial charge < -0.3 is 30.7 Å². The zero-order valence-corrected chi connectivity index (χ0v) is 12.6. The van der Waals surface area contributed by atoms with Gasteiger partial charge in [-0.2, -0.15) is 0 Å². The molecule has 1 rings (SSSR count). The van der Waals surface area contributed by atoms with Crippen LogP contribution in [0, 0.1) is 0 Å². The molecule has 0 aliphatic rings. The molecule has 7 heteroatoms. The molecule has 0 spiro atoms. The molecule has 0 saturated heterocycles. The Balaban J connectivity index is 2.95. The topological polar surface area (TPSA) is 114 Å². The second kappa shape index (κ2) is 6.53. The molecule has 21 heavy (non-hydrogen) atoms. The SMILES string of the molecule is COc1cc(C(CN)NC(=O)OC(C)(C)C)cc(O)c1O. The van der Waals surface area contributed by atoms with Crippen molar-refractivity contribution in [2.45, 2.75) is 32.4 Å². The van der Waals surface area contributed by atoms with E-state index in [1.54, 1.807) is 20.8 Å². The number of nitrogens with one attached hydrogen (secondary N) is 1. The minimum absolute atomic E-state index is 0.0899. The number of aromatic hydroxyl groups is 2. The normalized spacial score (nSPS) is 12.6. The summed E-state index contributed by atoms with van der Waals surface area (Å²) in [7, 11) is 1.36. The molecular weight excluding hydrogens is 276 g/mol. The maximum Gasteiger partial charge on any atom is 0.408 e. The molecular formula is C14H22N2O5. The number of phenols is 2. The number of hydrogen-bond donors (Lipinski definition) is 4. The fourth-order valence-electron chi connectivity index (χ4n) is 1.70. The van der Waals surface area contributed by atoms with E-state index in [1.165, 1.54) is 19.2 Å². The zero-order valence-electron chi connectivity index (χ0n) is 12.6. The zero-order chi connectivity index (χ0) is 16.2. The smallest absolute Gasteiger partial charge is 0.408 e. The third-order valence-corrected chi connectivity index (χ3v) is 2.63. The van der Waals surface area contributed by atoms with Crippen molar-refractivity contribution in [2.75, 3.05) is 13.7 Å². The van der Waals surface area contributed by atoms with Crippen LogP contribution >= 0.6 is 0 Å². The number of ether oxygens (including phenoxy) is 2. The Morgan fingerprint density at radius 2 is 2.00 bits per heavy atom. The molecule has 1 atom stereocenters. The fraction of sp³-hybridized carbons (Fsp3) is 0.500. The van der Waals surface area contributed by atoms with Crippen molar-refractivity contribution >= 4 is 6.09 Å². The van der Waals surface area contributed by atoms with E-state index in [4.69, 9.17) is 15.2 Å². The lowest BCUT2D eigenvalue weighted by Gasteiger charge is -2.23. The number of carbonyl (C=O) groups excluding carboxylic acids is 1. The van der Waals surface area contributed by atoms with Crippen molar-refractivity contribution in [2.24, 2.45) is 5.73 Å².